The number of hydrogen-bond donors (Lipinski definition) is 0. The molecule has 0 N–H and O–H groups in total. The van der Waals surface area contributed by atoms with Crippen LogP contribution < -0.4 is 0 Å². The summed E-state index contributed by atoms with van der Waals surface area (Å²) in [4.78, 5) is 13.0. The first-order valence-electron chi connectivity index (χ1n) is 8.87. The van der Waals surface area contributed by atoms with Gasteiger partial charge in [0.25, 0.3) is 0 Å². The summed E-state index contributed by atoms with van der Waals surface area (Å²) in [7, 11) is 0. The maximum atomic E-state index is 4.65. The van der Waals surface area contributed by atoms with Gasteiger partial charge in [-0.15, -0.1) is 11.3 Å². The fourth-order valence-corrected chi connectivity index (χ4v) is 4.36. The van der Waals surface area contributed by atoms with Crippen molar-refractivity contribution in [2.24, 2.45) is 5.92 Å². The Labute approximate surface area is 149 Å². The molecule has 0 aromatic carbocycles. The standard InChI is InChI=1S/C18H29N5S/c1-13-20-14(2)23(21-13)11-15-7-6-8-22(10-15)12-17-19-9-16(24-17)18(3,4)5/h9,15H,6-8,10-12H2,1-5H3/t15-/m1/s1. The van der Waals surface area contributed by atoms with E-state index in [4.69, 9.17) is 0 Å². The van der Waals surface area contributed by atoms with E-state index >= 15 is 0 Å². The van der Waals surface area contributed by atoms with Crippen LogP contribution in [-0.2, 0) is 18.5 Å². The summed E-state index contributed by atoms with van der Waals surface area (Å²) in [6, 6.07) is 0. The van der Waals surface area contributed by atoms with Gasteiger partial charge in [-0.25, -0.2) is 14.6 Å². The lowest BCUT2D eigenvalue weighted by Crippen LogP contribution is -2.36. The van der Waals surface area contributed by atoms with Gasteiger partial charge in [-0.2, -0.15) is 5.10 Å². The van der Waals surface area contributed by atoms with Crippen LogP contribution in [0.3, 0.4) is 0 Å². The topological polar surface area (TPSA) is 46.8 Å². The molecule has 0 aliphatic carbocycles. The fourth-order valence-electron chi connectivity index (χ4n) is 3.34. The SMILES string of the molecule is Cc1nc(C)n(C[C@@H]2CCCN(Cc3ncc(C(C)(C)C)s3)C2)n1. The molecule has 1 fully saturated rings. The molecule has 2 aromatic heterocycles. The molecule has 3 heterocycles. The van der Waals surface area contributed by atoms with Gasteiger partial charge >= 0.3 is 0 Å². The largest absolute Gasteiger partial charge is 0.296 e. The normalized spacial score (nSPS) is 19.8. The van der Waals surface area contributed by atoms with Gasteiger partial charge in [0.05, 0.1) is 6.54 Å². The summed E-state index contributed by atoms with van der Waals surface area (Å²) in [6.07, 6.45) is 4.60. The Bertz CT molecular complexity index is 682. The zero-order valence-electron chi connectivity index (χ0n) is 15.5. The van der Waals surface area contributed by atoms with E-state index < -0.39 is 0 Å². The van der Waals surface area contributed by atoms with Gasteiger partial charge in [-0.1, -0.05) is 20.8 Å². The summed E-state index contributed by atoms with van der Waals surface area (Å²) in [5.41, 5.74) is 0.197. The van der Waals surface area contributed by atoms with E-state index in [2.05, 4.69) is 51.6 Å². The highest BCUT2D eigenvalue weighted by atomic mass is 32.1. The second kappa shape index (κ2) is 6.92. The molecular weight excluding hydrogens is 318 g/mol. The number of thiazole rings is 1. The van der Waals surface area contributed by atoms with Gasteiger partial charge in [0, 0.05) is 24.2 Å². The van der Waals surface area contributed by atoms with Gasteiger partial charge in [-0.05, 0) is 44.6 Å². The van der Waals surface area contributed by atoms with E-state index in [1.54, 1.807) is 0 Å². The van der Waals surface area contributed by atoms with Crippen molar-refractivity contribution in [3.63, 3.8) is 0 Å². The zero-order valence-corrected chi connectivity index (χ0v) is 16.4. The van der Waals surface area contributed by atoms with Crippen molar-refractivity contribution in [1.29, 1.82) is 0 Å². The molecule has 132 valence electrons. The third kappa shape index (κ3) is 4.22. The van der Waals surface area contributed by atoms with Crippen LogP contribution in [0.15, 0.2) is 6.20 Å². The number of hydrogen-bond acceptors (Lipinski definition) is 5. The lowest BCUT2D eigenvalue weighted by Gasteiger charge is -2.32. The zero-order chi connectivity index (χ0) is 17.3. The lowest BCUT2D eigenvalue weighted by atomic mass is 9.96. The fraction of sp³-hybridized carbons (Fsp3) is 0.722. The highest BCUT2D eigenvalue weighted by molar-refractivity contribution is 7.11. The van der Waals surface area contributed by atoms with Crippen molar-refractivity contribution in [2.75, 3.05) is 13.1 Å². The first kappa shape index (κ1) is 17.5. The summed E-state index contributed by atoms with van der Waals surface area (Å²) in [6.45, 7) is 15.0. The van der Waals surface area contributed by atoms with Crippen LogP contribution in [0.25, 0.3) is 0 Å². The van der Waals surface area contributed by atoms with Gasteiger partial charge < -0.3 is 0 Å². The molecule has 0 saturated carbocycles. The highest BCUT2D eigenvalue weighted by Gasteiger charge is 2.23. The Kier molecular flexibility index (Phi) is 5.06. The predicted molar refractivity (Wildman–Crippen MR) is 98.3 cm³/mol. The maximum Gasteiger partial charge on any atom is 0.147 e. The number of aryl methyl sites for hydroxylation is 2. The Morgan fingerprint density at radius 2 is 2.08 bits per heavy atom. The number of likely N-dealkylation sites (tertiary alicyclic amines) is 1. The third-order valence-corrected chi connectivity index (χ3v) is 6.06. The maximum absolute atomic E-state index is 4.65. The second-order valence-electron chi connectivity index (χ2n) is 8.00. The van der Waals surface area contributed by atoms with Crippen LogP contribution >= 0.6 is 11.3 Å². The summed E-state index contributed by atoms with van der Waals surface area (Å²) < 4.78 is 2.07. The monoisotopic (exact) mass is 347 g/mol. The number of aromatic nitrogens is 4. The molecule has 1 aliphatic rings. The molecule has 2 aromatic rings. The Hall–Kier alpha value is -1.27. The van der Waals surface area contributed by atoms with Crippen molar-refractivity contribution in [3.05, 3.63) is 27.7 Å². The number of nitrogens with zero attached hydrogens (tertiary/aromatic N) is 5. The summed E-state index contributed by atoms with van der Waals surface area (Å²) in [5, 5.41) is 5.76. The average Bonchev–Trinajstić information content (AvgIpc) is 3.06. The minimum absolute atomic E-state index is 0.197. The van der Waals surface area contributed by atoms with Crippen LogP contribution in [0.4, 0.5) is 0 Å². The first-order chi connectivity index (χ1) is 11.3. The molecule has 0 spiro atoms. The smallest absolute Gasteiger partial charge is 0.147 e. The highest BCUT2D eigenvalue weighted by Crippen LogP contribution is 2.29. The quantitative estimate of drug-likeness (QED) is 0.848. The molecule has 0 amide bonds. The molecule has 0 unspecified atom stereocenters. The van der Waals surface area contributed by atoms with Crippen LogP contribution in [0, 0.1) is 19.8 Å². The van der Waals surface area contributed by atoms with Gasteiger partial charge in [0.2, 0.25) is 0 Å². The Morgan fingerprint density at radius 1 is 1.29 bits per heavy atom. The van der Waals surface area contributed by atoms with Crippen molar-refractivity contribution in [1.82, 2.24) is 24.6 Å². The van der Waals surface area contributed by atoms with E-state index in [0.29, 0.717) is 5.92 Å². The minimum atomic E-state index is 0.197. The molecule has 1 saturated heterocycles. The lowest BCUT2D eigenvalue weighted by molar-refractivity contribution is 0.152. The summed E-state index contributed by atoms with van der Waals surface area (Å²) in [5.74, 6) is 2.55. The Morgan fingerprint density at radius 3 is 2.71 bits per heavy atom. The van der Waals surface area contributed by atoms with Crippen LogP contribution in [-0.4, -0.2) is 37.7 Å². The molecule has 0 bridgehead atoms. The molecule has 5 nitrogen and oxygen atoms in total. The molecule has 24 heavy (non-hydrogen) atoms. The molecule has 1 aliphatic heterocycles. The van der Waals surface area contributed by atoms with Crippen molar-refractivity contribution in [3.8, 4) is 0 Å². The van der Waals surface area contributed by atoms with Crippen LogP contribution in [0.2, 0.25) is 0 Å². The van der Waals surface area contributed by atoms with Gasteiger partial charge in [0.15, 0.2) is 0 Å². The second-order valence-corrected chi connectivity index (χ2v) is 9.12. The van der Waals surface area contributed by atoms with Crippen molar-refractivity contribution < 1.29 is 0 Å². The molecule has 6 heteroatoms. The average molecular weight is 348 g/mol. The number of rotatable bonds is 4. The third-order valence-electron chi connectivity index (χ3n) is 4.65. The van der Waals surface area contributed by atoms with E-state index in [-0.39, 0.29) is 5.41 Å². The van der Waals surface area contributed by atoms with E-state index in [0.717, 1.165) is 31.3 Å². The van der Waals surface area contributed by atoms with E-state index in [1.165, 1.54) is 29.3 Å². The molecule has 0 radical (unpaired) electrons. The molecule has 3 rings (SSSR count). The molecular formula is C18H29N5S. The van der Waals surface area contributed by atoms with Crippen molar-refractivity contribution >= 4 is 11.3 Å². The predicted octanol–water partition coefficient (Wildman–Crippen LogP) is 3.56. The van der Waals surface area contributed by atoms with E-state index in [9.17, 15) is 0 Å². The Balaban J connectivity index is 1.59. The van der Waals surface area contributed by atoms with Crippen LogP contribution in [0.5, 0.6) is 0 Å². The van der Waals surface area contributed by atoms with Gasteiger partial charge in [0.1, 0.15) is 16.7 Å². The molecule has 1 atom stereocenters. The van der Waals surface area contributed by atoms with Crippen LogP contribution in [0.1, 0.15) is 55.1 Å². The van der Waals surface area contributed by atoms with Gasteiger partial charge in [-0.3, -0.25) is 4.90 Å². The van der Waals surface area contributed by atoms with E-state index in [1.807, 2.05) is 25.2 Å². The summed E-state index contributed by atoms with van der Waals surface area (Å²) >= 11 is 1.86. The van der Waals surface area contributed by atoms with Crippen molar-refractivity contribution in [2.45, 2.75) is 66.0 Å². The first-order valence-corrected chi connectivity index (χ1v) is 9.68. The minimum Gasteiger partial charge on any atom is -0.296 e. The number of piperidine rings is 1.